The van der Waals surface area contributed by atoms with Crippen LogP contribution in [-0.4, -0.2) is 47.8 Å². The van der Waals surface area contributed by atoms with E-state index in [2.05, 4.69) is 31.4 Å². The Morgan fingerprint density at radius 1 is 1.07 bits per heavy atom. The van der Waals surface area contributed by atoms with Gasteiger partial charge in [-0.25, -0.2) is 0 Å². The summed E-state index contributed by atoms with van der Waals surface area (Å²) >= 11 is 0. The average molecular weight is 386 g/mol. The van der Waals surface area contributed by atoms with Crippen LogP contribution in [0.4, 0.5) is 0 Å². The summed E-state index contributed by atoms with van der Waals surface area (Å²) in [5, 5.41) is 5.80. The number of nitrogens with one attached hydrogen (secondary N) is 2. The average Bonchev–Trinajstić information content (AvgIpc) is 3.32. The molecule has 1 unspecified atom stereocenters. The van der Waals surface area contributed by atoms with Crippen LogP contribution >= 0.6 is 0 Å². The van der Waals surface area contributed by atoms with Crippen LogP contribution in [-0.2, 0) is 15.0 Å². The van der Waals surface area contributed by atoms with E-state index >= 15 is 0 Å². The molecule has 1 aromatic rings. The van der Waals surface area contributed by atoms with Crippen LogP contribution in [0.15, 0.2) is 24.3 Å². The third-order valence-electron chi connectivity index (χ3n) is 5.44. The first-order chi connectivity index (χ1) is 13.3. The van der Waals surface area contributed by atoms with Crippen LogP contribution in [0.5, 0.6) is 0 Å². The lowest BCUT2D eigenvalue weighted by Gasteiger charge is -2.24. The molecule has 0 aromatic heterocycles. The van der Waals surface area contributed by atoms with Gasteiger partial charge in [-0.3, -0.25) is 14.4 Å². The summed E-state index contributed by atoms with van der Waals surface area (Å²) in [5.41, 5.74) is 1.80. The largest absolute Gasteiger partial charge is 0.352 e. The first kappa shape index (κ1) is 20.4. The Balaban J connectivity index is 1.46. The van der Waals surface area contributed by atoms with Crippen molar-refractivity contribution in [2.24, 2.45) is 0 Å². The molecule has 1 aromatic carbocycles. The van der Waals surface area contributed by atoms with Gasteiger partial charge < -0.3 is 15.5 Å². The Hall–Kier alpha value is -2.37. The number of benzene rings is 1. The van der Waals surface area contributed by atoms with Gasteiger partial charge in [-0.1, -0.05) is 32.9 Å². The van der Waals surface area contributed by atoms with Gasteiger partial charge in [-0.05, 0) is 48.8 Å². The van der Waals surface area contributed by atoms with Gasteiger partial charge in [0, 0.05) is 31.1 Å². The molecule has 2 aliphatic rings. The highest BCUT2D eigenvalue weighted by Gasteiger charge is 2.36. The van der Waals surface area contributed by atoms with Crippen LogP contribution in [0.2, 0.25) is 0 Å². The zero-order chi connectivity index (χ0) is 20.3. The lowest BCUT2D eigenvalue weighted by atomic mass is 9.87. The predicted molar refractivity (Wildman–Crippen MR) is 108 cm³/mol. The van der Waals surface area contributed by atoms with Crippen molar-refractivity contribution in [3.63, 3.8) is 0 Å². The van der Waals surface area contributed by atoms with Crippen molar-refractivity contribution in [1.29, 1.82) is 0 Å². The molecule has 6 heteroatoms. The molecule has 2 fully saturated rings. The molecule has 0 bridgehead atoms. The molecule has 28 heavy (non-hydrogen) atoms. The number of hydrogen-bond acceptors (Lipinski definition) is 3. The molecular weight excluding hydrogens is 354 g/mol. The first-order valence-corrected chi connectivity index (χ1v) is 10.2. The van der Waals surface area contributed by atoms with Crippen LogP contribution in [0, 0.1) is 0 Å². The smallest absolute Gasteiger partial charge is 0.251 e. The zero-order valence-corrected chi connectivity index (χ0v) is 17.1. The fourth-order valence-corrected chi connectivity index (χ4v) is 3.51. The Labute approximate surface area is 167 Å². The number of carbonyl (C=O) groups excluding carboxylic acids is 3. The van der Waals surface area contributed by atoms with E-state index in [4.69, 9.17) is 0 Å². The van der Waals surface area contributed by atoms with Gasteiger partial charge in [0.15, 0.2) is 0 Å². The Kier molecular flexibility index (Phi) is 6.06. The molecule has 1 saturated carbocycles. The van der Waals surface area contributed by atoms with Gasteiger partial charge in [0.1, 0.15) is 6.04 Å². The second-order valence-electron chi connectivity index (χ2n) is 8.86. The van der Waals surface area contributed by atoms with E-state index < -0.39 is 0 Å². The maximum atomic E-state index is 12.5. The Morgan fingerprint density at radius 3 is 2.36 bits per heavy atom. The lowest BCUT2D eigenvalue weighted by Crippen LogP contribution is -2.47. The zero-order valence-electron chi connectivity index (χ0n) is 17.1. The number of nitrogens with zero attached hydrogens (tertiary/aromatic N) is 1. The summed E-state index contributed by atoms with van der Waals surface area (Å²) in [6.45, 7) is 7.27. The van der Waals surface area contributed by atoms with Crippen molar-refractivity contribution >= 4 is 17.7 Å². The van der Waals surface area contributed by atoms with Gasteiger partial charge in [0.2, 0.25) is 11.8 Å². The van der Waals surface area contributed by atoms with E-state index in [0.717, 1.165) is 25.7 Å². The number of amides is 3. The molecule has 3 amide bonds. The third kappa shape index (κ3) is 5.12. The highest BCUT2D eigenvalue weighted by atomic mass is 16.2. The molecule has 1 atom stereocenters. The van der Waals surface area contributed by atoms with E-state index in [1.54, 1.807) is 4.90 Å². The number of rotatable bonds is 6. The van der Waals surface area contributed by atoms with E-state index in [9.17, 15) is 14.4 Å². The fourth-order valence-electron chi connectivity index (χ4n) is 3.51. The molecule has 6 nitrogen and oxygen atoms in total. The van der Waals surface area contributed by atoms with Crippen LogP contribution < -0.4 is 10.6 Å². The molecule has 1 aliphatic carbocycles. The van der Waals surface area contributed by atoms with Crippen molar-refractivity contribution in [2.75, 3.05) is 13.1 Å². The molecule has 1 heterocycles. The molecule has 152 valence electrons. The SMILES string of the molecule is CC(C)(C)c1ccc(C(=O)NCCC(=O)N2CCCC2C(=O)NC2CC2)cc1. The Morgan fingerprint density at radius 2 is 1.75 bits per heavy atom. The van der Waals surface area contributed by atoms with E-state index in [-0.39, 0.29) is 42.1 Å². The van der Waals surface area contributed by atoms with Crippen molar-refractivity contribution in [2.45, 2.75) is 70.4 Å². The van der Waals surface area contributed by atoms with E-state index in [1.165, 1.54) is 5.56 Å². The van der Waals surface area contributed by atoms with Crippen LogP contribution in [0.25, 0.3) is 0 Å². The molecule has 3 rings (SSSR count). The standard InChI is InChI=1S/C22H31N3O3/c1-22(2,3)16-8-6-15(7-9-16)20(27)23-13-12-19(26)25-14-4-5-18(25)21(28)24-17-10-11-17/h6-9,17-18H,4-5,10-14H2,1-3H3,(H,23,27)(H,24,28). The highest BCUT2D eigenvalue weighted by molar-refractivity contribution is 5.94. The monoisotopic (exact) mass is 385 g/mol. The quantitative estimate of drug-likeness (QED) is 0.789. The minimum atomic E-state index is -0.353. The summed E-state index contributed by atoms with van der Waals surface area (Å²) in [7, 11) is 0. The fraction of sp³-hybridized carbons (Fsp3) is 0.591. The molecule has 0 spiro atoms. The van der Waals surface area contributed by atoms with Gasteiger partial charge in [-0.15, -0.1) is 0 Å². The number of hydrogen-bond donors (Lipinski definition) is 2. The Bertz CT molecular complexity index is 732. The topological polar surface area (TPSA) is 78.5 Å². The van der Waals surface area contributed by atoms with Gasteiger partial charge >= 0.3 is 0 Å². The van der Waals surface area contributed by atoms with Crippen molar-refractivity contribution < 1.29 is 14.4 Å². The summed E-state index contributed by atoms with van der Waals surface area (Å²) in [5.74, 6) is -0.286. The summed E-state index contributed by atoms with van der Waals surface area (Å²) in [6, 6.07) is 7.51. The van der Waals surface area contributed by atoms with Gasteiger partial charge in [0.25, 0.3) is 5.91 Å². The molecule has 2 N–H and O–H groups in total. The minimum absolute atomic E-state index is 0.0312. The van der Waals surface area contributed by atoms with E-state index in [0.29, 0.717) is 18.2 Å². The predicted octanol–water partition coefficient (Wildman–Crippen LogP) is 2.37. The molecule has 1 saturated heterocycles. The summed E-state index contributed by atoms with van der Waals surface area (Å²) in [6.07, 6.45) is 3.85. The number of carbonyl (C=O) groups is 3. The summed E-state index contributed by atoms with van der Waals surface area (Å²) < 4.78 is 0. The highest BCUT2D eigenvalue weighted by Crippen LogP contribution is 2.23. The second kappa shape index (κ2) is 8.33. The molecular formula is C22H31N3O3. The first-order valence-electron chi connectivity index (χ1n) is 10.2. The van der Waals surface area contributed by atoms with Crippen molar-refractivity contribution in [3.8, 4) is 0 Å². The second-order valence-corrected chi connectivity index (χ2v) is 8.86. The normalized spacial score (nSPS) is 19.4. The third-order valence-corrected chi connectivity index (χ3v) is 5.44. The summed E-state index contributed by atoms with van der Waals surface area (Å²) in [4.78, 5) is 38.8. The minimum Gasteiger partial charge on any atom is -0.352 e. The lowest BCUT2D eigenvalue weighted by molar-refractivity contribution is -0.138. The van der Waals surface area contributed by atoms with Gasteiger partial charge in [0.05, 0.1) is 0 Å². The van der Waals surface area contributed by atoms with Crippen molar-refractivity contribution in [1.82, 2.24) is 15.5 Å². The maximum absolute atomic E-state index is 12.5. The van der Waals surface area contributed by atoms with Gasteiger partial charge in [-0.2, -0.15) is 0 Å². The van der Waals surface area contributed by atoms with Crippen molar-refractivity contribution in [3.05, 3.63) is 35.4 Å². The van der Waals surface area contributed by atoms with Crippen LogP contribution in [0.3, 0.4) is 0 Å². The van der Waals surface area contributed by atoms with Crippen LogP contribution in [0.1, 0.15) is 68.8 Å². The maximum Gasteiger partial charge on any atom is 0.251 e. The molecule has 0 radical (unpaired) electrons. The van der Waals surface area contributed by atoms with E-state index in [1.807, 2.05) is 24.3 Å². The molecule has 1 aliphatic heterocycles. The number of likely N-dealkylation sites (tertiary alicyclic amines) is 1.